The SMILES string of the molecule is CCCC1CCC2CC(C)CCC2C1CCCC#N. The summed E-state index contributed by atoms with van der Waals surface area (Å²) in [6.45, 7) is 4.78. The van der Waals surface area contributed by atoms with Crippen LogP contribution >= 0.6 is 0 Å². The first kappa shape index (κ1) is 14.9. The number of unbranched alkanes of at least 4 members (excludes halogenated alkanes) is 1. The zero-order valence-electron chi connectivity index (χ0n) is 12.9. The van der Waals surface area contributed by atoms with Crippen molar-refractivity contribution in [2.24, 2.45) is 29.6 Å². The Morgan fingerprint density at radius 3 is 2.68 bits per heavy atom. The highest BCUT2D eigenvalue weighted by Gasteiger charge is 2.40. The molecule has 0 aromatic heterocycles. The smallest absolute Gasteiger partial charge is 0.0621 e. The predicted molar refractivity (Wildman–Crippen MR) is 80.6 cm³/mol. The van der Waals surface area contributed by atoms with E-state index in [1.807, 2.05) is 0 Å². The Bertz CT molecular complexity index is 303. The van der Waals surface area contributed by atoms with Crippen molar-refractivity contribution in [1.29, 1.82) is 5.26 Å². The molecule has 5 atom stereocenters. The third kappa shape index (κ3) is 3.74. The summed E-state index contributed by atoms with van der Waals surface area (Å²) in [6, 6.07) is 2.33. The second kappa shape index (κ2) is 7.32. The fourth-order valence-electron chi connectivity index (χ4n) is 5.01. The van der Waals surface area contributed by atoms with Crippen LogP contribution in [0.2, 0.25) is 0 Å². The number of nitrogens with zero attached hydrogens (tertiary/aromatic N) is 1. The van der Waals surface area contributed by atoms with E-state index in [1.54, 1.807) is 0 Å². The van der Waals surface area contributed by atoms with Gasteiger partial charge in [0.25, 0.3) is 0 Å². The summed E-state index contributed by atoms with van der Waals surface area (Å²) >= 11 is 0. The normalized spacial score (nSPS) is 38.5. The molecule has 0 heterocycles. The van der Waals surface area contributed by atoms with Gasteiger partial charge in [0.05, 0.1) is 6.07 Å². The van der Waals surface area contributed by atoms with Crippen molar-refractivity contribution in [3.05, 3.63) is 0 Å². The molecule has 0 amide bonds. The van der Waals surface area contributed by atoms with Gasteiger partial charge in [0.1, 0.15) is 0 Å². The number of rotatable bonds is 5. The summed E-state index contributed by atoms with van der Waals surface area (Å²) in [5.74, 6) is 4.89. The van der Waals surface area contributed by atoms with Crippen LogP contribution in [-0.4, -0.2) is 0 Å². The quantitative estimate of drug-likeness (QED) is 0.594. The standard InChI is InChI=1S/C18H31N/c1-3-6-15-9-10-16-13-14(2)8-11-18(16)17(15)7-4-5-12-19/h14-18H,3-11,13H2,1-2H3. The fraction of sp³-hybridized carbons (Fsp3) is 0.944. The lowest BCUT2D eigenvalue weighted by Crippen LogP contribution is -2.38. The molecule has 2 rings (SSSR count). The molecule has 0 bridgehead atoms. The van der Waals surface area contributed by atoms with Gasteiger partial charge in [0.2, 0.25) is 0 Å². The summed E-state index contributed by atoms with van der Waals surface area (Å²) in [4.78, 5) is 0. The molecule has 1 nitrogen and oxygen atoms in total. The average molecular weight is 261 g/mol. The van der Waals surface area contributed by atoms with Gasteiger partial charge in [0.15, 0.2) is 0 Å². The van der Waals surface area contributed by atoms with E-state index in [0.717, 1.165) is 42.4 Å². The number of fused-ring (bicyclic) bond motifs is 1. The summed E-state index contributed by atoms with van der Waals surface area (Å²) in [7, 11) is 0. The Kier molecular flexibility index (Phi) is 5.74. The van der Waals surface area contributed by atoms with Gasteiger partial charge in [-0.1, -0.05) is 33.1 Å². The van der Waals surface area contributed by atoms with Crippen molar-refractivity contribution in [3.8, 4) is 6.07 Å². The minimum absolute atomic E-state index is 0.767. The molecule has 0 aromatic rings. The minimum atomic E-state index is 0.767. The van der Waals surface area contributed by atoms with Crippen molar-refractivity contribution < 1.29 is 0 Å². The van der Waals surface area contributed by atoms with Gasteiger partial charge in [0, 0.05) is 6.42 Å². The highest BCUT2D eigenvalue weighted by atomic mass is 14.5. The van der Waals surface area contributed by atoms with E-state index in [4.69, 9.17) is 5.26 Å². The van der Waals surface area contributed by atoms with E-state index >= 15 is 0 Å². The van der Waals surface area contributed by atoms with Crippen molar-refractivity contribution in [2.75, 3.05) is 0 Å². The second-order valence-corrected chi connectivity index (χ2v) is 7.18. The van der Waals surface area contributed by atoms with Crippen LogP contribution in [0.3, 0.4) is 0 Å². The summed E-state index contributed by atoms with van der Waals surface area (Å²) in [5.41, 5.74) is 0. The van der Waals surface area contributed by atoms with E-state index in [2.05, 4.69) is 19.9 Å². The second-order valence-electron chi connectivity index (χ2n) is 7.18. The first-order valence-electron chi connectivity index (χ1n) is 8.63. The lowest BCUT2D eigenvalue weighted by Gasteiger charge is -2.47. The Labute approximate surface area is 119 Å². The number of nitriles is 1. The van der Waals surface area contributed by atoms with Crippen LogP contribution in [0.1, 0.15) is 78.1 Å². The maximum absolute atomic E-state index is 8.78. The molecule has 0 spiro atoms. The van der Waals surface area contributed by atoms with E-state index in [1.165, 1.54) is 51.4 Å². The van der Waals surface area contributed by atoms with Crippen LogP contribution in [0.15, 0.2) is 0 Å². The van der Waals surface area contributed by atoms with Crippen LogP contribution < -0.4 is 0 Å². The molecule has 2 aliphatic carbocycles. The monoisotopic (exact) mass is 261 g/mol. The molecule has 108 valence electrons. The van der Waals surface area contributed by atoms with E-state index in [9.17, 15) is 0 Å². The van der Waals surface area contributed by atoms with Crippen LogP contribution in [0.5, 0.6) is 0 Å². The highest BCUT2D eigenvalue weighted by molar-refractivity contribution is 4.91. The predicted octanol–water partition coefficient (Wildman–Crippen LogP) is 5.56. The van der Waals surface area contributed by atoms with Gasteiger partial charge >= 0.3 is 0 Å². The molecule has 0 aliphatic heterocycles. The van der Waals surface area contributed by atoms with Crippen molar-refractivity contribution in [3.63, 3.8) is 0 Å². The van der Waals surface area contributed by atoms with Gasteiger partial charge in [-0.25, -0.2) is 0 Å². The van der Waals surface area contributed by atoms with Crippen LogP contribution in [0.4, 0.5) is 0 Å². The Balaban J connectivity index is 1.99. The van der Waals surface area contributed by atoms with Gasteiger partial charge in [-0.15, -0.1) is 0 Å². The topological polar surface area (TPSA) is 23.8 Å². The molecule has 0 radical (unpaired) electrons. The first-order chi connectivity index (χ1) is 9.26. The molecule has 2 aliphatic rings. The maximum Gasteiger partial charge on any atom is 0.0621 e. The Morgan fingerprint density at radius 1 is 1.11 bits per heavy atom. The lowest BCUT2D eigenvalue weighted by molar-refractivity contribution is 0.0283. The lowest BCUT2D eigenvalue weighted by atomic mass is 9.58. The van der Waals surface area contributed by atoms with Gasteiger partial charge < -0.3 is 0 Å². The van der Waals surface area contributed by atoms with Crippen molar-refractivity contribution >= 4 is 0 Å². The number of hydrogen-bond donors (Lipinski definition) is 0. The van der Waals surface area contributed by atoms with Gasteiger partial charge in [-0.05, 0) is 68.1 Å². The summed E-state index contributed by atoms with van der Waals surface area (Å²) in [6.07, 6.45) is 13.4. The van der Waals surface area contributed by atoms with E-state index in [0.29, 0.717) is 0 Å². The molecule has 2 saturated carbocycles. The summed E-state index contributed by atoms with van der Waals surface area (Å²) in [5, 5.41) is 8.78. The van der Waals surface area contributed by atoms with E-state index < -0.39 is 0 Å². The molecule has 1 heteroatoms. The van der Waals surface area contributed by atoms with Crippen LogP contribution in [0, 0.1) is 40.9 Å². The number of hydrogen-bond acceptors (Lipinski definition) is 1. The molecular formula is C18H31N. The largest absolute Gasteiger partial charge is 0.198 e. The van der Waals surface area contributed by atoms with E-state index in [-0.39, 0.29) is 0 Å². The third-order valence-electron chi connectivity index (χ3n) is 5.85. The summed E-state index contributed by atoms with van der Waals surface area (Å²) < 4.78 is 0. The van der Waals surface area contributed by atoms with Gasteiger partial charge in [-0.3, -0.25) is 0 Å². The van der Waals surface area contributed by atoms with Crippen LogP contribution in [-0.2, 0) is 0 Å². The van der Waals surface area contributed by atoms with Crippen molar-refractivity contribution in [2.45, 2.75) is 78.1 Å². The molecular weight excluding hydrogens is 230 g/mol. The Morgan fingerprint density at radius 2 is 1.95 bits per heavy atom. The molecule has 0 N–H and O–H groups in total. The molecule has 0 aromatic carbocycles. The molecule has 2 fully saturated rings. The molecule has 19 heavy (non-hydrogen) atoms. The van der Waals surface area contributed by atoms with Gasteiger partial charge in [-0.2, -0.15) is 5.26 Å². The average Bonchev–Trinajstić information content (AvgIpc) is 2.41. The zero-order chi connectivity index (χ0) is 13.7. The zero-order valence-corrected chi connectivity index (χ0v) is 12.9. The molecule has 0 saturated heterocycles. The highest BCUT2D eigenvalue weighted by Crippen LogP contribution is 2.50. The first-order valence-corrected chi connectivity index (χ1v) is 8.63. The maximum atomic E-state index is 8.78. The third-order valence-corrected chi connectivity index (χ3v) is 5.85. The van der Waals surface area contributed by atoms with Crippen LogP contribution in [0.25, 0.3) is 0 Å². The Hall–Kier alpha value is -0.510. The fourth-order valence-corrected chi connectivity index (χ4v) is 5.01. The molecule has 5 unspecified atom stereocenters. The van der Waals surface area contributed by atoms with Crippen molar-refractivity contribution in [1.82, 2.24) is 0 Å². The minimum Gasteiger partial charge on any atom is -0.198 e.